The number of benzene rings is 1. The van der Waals surface area contributed by atoms with Crippen molar-refractivity contribution in [1.82, 2.24) is 29.0 Å². The summed E-state index contributed by atoms with van der Waals surface area (Å²) in [5, 5.41) is 11.1. The maximum absolute atomic E-state index is 13.5. The molecule has 1 saturated carbocycles. The fourth-order valence-electron chi connectivity index (χ4n) is 4.46. The van der Waals surface area contributed by atoms with E-state index >= 15 is 0 Å². The molecule has 0 atom stereocenters. The van der Waals surface area contributed by atoms with E-state index in [9.17, 15) is 25.6 Å². The Morgan fingerprint density at radius 1 is 1.18 bits per heavy atom. The summed E-state index contributed by atoms with van der Waals surface area (Å²) in [5.41, 5.74) is 0.482. The second kappa shape index (κ2) is 9.66. The minimum absolute atomic E-state index is 0.0212. The molecular formula is C23H25F2N7O4S3. The van der Waals surface area contributed by atoms with Gasteiger partial charge in [-0.3, -0.25) is 9.53 Å². The van der Waals surface area contributed by atoms with Gasteiger partial charge in [-0.25, -0.2) is 32.2 Å². The summed E-state index contributed by atoms with van der Waals surface area (Å²) >= 11 is 0.653. The molecule has 0 saturated heterocycles. The van der Waals surface area contributed by atoms with Gasteiger partial charge >= 0.3 is 0 Å². The van der Waals surface area contributed by atoms with Gasteiger partial charge in [-0.2, -0.15) is 9.40 Å². The van der Waals surface area contributed by atoms with Crippen molar-refractivity contribution in [2.24, 2.45) is 7.05 Å². The van der Waals surface area contributed by atoms with Crippen LogP contribution in [0.1, 0.15) is 50.1 Å². The van der Waals surface area contributed by atoms with Crippen LogP contribution in [-0.4, -0.2) is 65.1 Å². The number of fused-ring (bicyclic) bond motifs is 1. The van der Waals surface area contributed by atoms with Crippen molar-refractivity contribution in [2.45, 2.75) is 55.3 Å². The van der Waals surface area contributed by atoms with Crippen molar-refractivity contribution in [1.29, 1.82) is 0 Å². The molecule has 39 heavy (non-hydrogen) atoms. The fourth-order valence-corrected chi connectivity index (χ4v) is 7.85. The highest BCUT2D eigenvalue weighted by Gasteiger charge is 2.54. The molecule has 1 aliphatic heterocycles. The highest BCUT2D eigenvalue weighted by molar-refractivity contribution is 7.90. The zero-order valence-corrected chi connectivity index (χ0v) is 23.7. The number of alkyl halides is 2. The number of hydrogen-bond donors (Lipinski definition) is 1. The first-order chi connectivity index (χ1) is 18.3. The van der Waals surface area contributed by atoms with Crippen LogP contribution < -0.4 is 4.72 Å². The molecular weight excluding hydrogens is 572 g/mol. The Hall–Kier alpha value is -2.84. The van der Waals surface area contributed by atoms with Crippen LogP contribution in [0.25, 0.3) is 32.0 Å². The number of nitrogens with zero attached hydrogens (tertiary/aromatic N) is 6. The van der Waals surface area contributed by atoms with Crippen molar-refractivity contribution in [3.63, 3.8) is 0 Å². The second-order valence-corrected chi connectivity index (χ2v) is 15.0. The topological polar surface area (TPSA) is 132 Å². The number of aryl methyl sites for hydroxylation is 1. The van der Waals surface area contributed by atoms with E-state index in [1.165, 1.54) is 21.1 Å². The summed E-state index contributed by atoms with van der Waals surface area (Å²) in [6.07, 6.45) is 0.220. The highest BCUT2D eigenvalue weighted by Crippen LogP contribution is 2.41. The van der Waals surface area contributed by atoms with Crippen molar-refractivity contribution in [3.05, 3.63) is 40.2 Å². The van der Waals surface area contributed by atoms with E-state index < -0.39 is 42.4 Å². The number of rotatable bonds is 8. The van der Waals surface area contributed by atoms with Gasteiger partial charge in [0, 0.05) is 31.1 Å². The molecule has 1 aliphatic carbocycles. The molecule has 5 rings (SSSR count). The Morgan fingerprint density at radius 2 is 1.90 bits per heavy atom. The molecule has 0 radical (unpaired) electrons. The summed E-state index contributed by atoms with van der Waals surface area (Å²) in [6.45, 7) is 10.9. The summed E-state index contributed by atoms with van der Waals surface area (Å²) in [4.78, 5) is 3.27. The lowest BCUT2D eigenvalue weighted by Crippen LogP contribution is -2.39. The van der Waals surface area contributed by atoms with E-state index in [0.717, 1.165) is 0 Å². The van der Waals surface area contributed by atoms with Crippen LogP contribution >= 0.6 is 11.3 Å². The third-order valence-corrected chi connectivity index (χ3v) is 11.4. The lowest BCUT2D eigenvalue weighted by atomic mass is 9.99. The van der Waals surface area contributed by atoms with Crippen LogP contribution in [0.5, 0.6) is 0 Å². The molecule has 1 aromatic carbocycles. The fraction of sp³-hybridized carbons (Fsp3) is 0.478. The van der Waals surface area contributed by atoms with Gasteiger partial charge in [0.15, 0.2) is 10.0 Å². The predicted molar refractivity (Wildman–Crippen MR) is 142 cm³/mol. The SMILES string of the molecule is [C-]#[N+]C1(NS(=O)(=O)c2cc(C3=CCCN(S(=O)(=O)C(C)C)C3)c3c(c2)c(-c2nnc(C(F)F)s2)nn3C)CC1. The van der Waals surface area contributed by atoms with Crippen molar-refractivity contribution in [2.75, 3.05) is 13.1 Å². The van der Waals surface area contributed by atoms with Gasteiger partial charge in [-0.05, 0) is 38.0 Å². The van der Waals surface area contributed by atoms with Crippen LogP contribution in [0, 0.1) is 6.57 Å². The monoisotopic (exact) mass is 597 g/mol. The van der Waals surface area contributed by atoms with Crippen molar-refractivity contribution >= 4 is 47.9 Å². The number of nitrogens with one attached hydrogen (secondary N) is 1. The zero-order valence-electron chi connectivity index (χ0n) is 21.2. The lowest BCUT2D eigenvalue weighted by Gasteiger charge is -2.29. The van der Waals surface area contributed by atoms with Gasteiger partial charge in [0.2, 0.25) is 20.0 Å². The Balaban J connectivity index is 1.71. The van der Waals surface area contributed by atoms with Crippen LogP contribution in [0.4, 0.5) is 8.78 Å². The molecule has 0 amide bonds. The van der Waals surface area contributed by atoms with Gasteiger partial charge in [0.25, 0.3) is 12.1 Å². The van der Waals surface area contributed by atoms with E-state index in [0.29, 0.717) is 52.6 Å². The number of hydrogen-bond acceptors (Lipinski definition) is 8. The Morgan fingerprint density at radius 3 is 2.49 bits per heavy atom. The molecule has 11 nitrogen and oxygen atoms in total. The molecule has 0 spiro atoms. The largest absolute Gasteiger partial charge is 0.299 e. The number of aromatic nitrogens is 4. The summed E-state index contributed by atoms with van der Waals surface area (Å²) in [5.74, 6) is 0. The molecule has 16 heteroatoms. The molecule has 1 fully saturated rings. The van der Waals surface area contributed by atoms with Gasteiger partial charge in [-0.1, -0.05) is 17.4 Å². The van der Waals surface area contributed by atoms with Crippen LogP contribution in [0.3, 0.4) is 0 Å². The number of halogens is 2. The normalized spacial score (nSPS) is 18.1. The maximum atomic E-state index is 13.5. The predicted octanol–water partition coefficient (Wildman–Crippen LogP) is 3.54. The van der Waals surface area contributed by atoms with Crippen LogP contribution in [0.2, 0.25) is 0 Å². The van der Waals surface area contributed by atoms with E-state index in [4.69, 9.17) is 6.57 Å². The maximum Gasteiger partial charge on any atom is 0.299 e. The Labute approximate surface area is 228 Å². The minimum Gasteiger partial charge on any atom is -0.292 e. The van der Waals surface area contributed by atoms with E-state index in [2.05, 4.69) is 24.9 Å². The van der Waals surface area contributed by atoms with Crippen LogP contribution in [-0.2, 0) is 27.1 Å². The summed E-state index contributed by atoms with van der Waals surface area (Å²) < 4.78 is 84.6. The second-order valence-electron chi connectivity index (χ2n) is 9.78. The molecule has 0 unspecified atom stereocenters. The van der Waals surface area contributed by atoms with Gasteiger partial charge < -0.3 is 0 Å². The molecule has 3 aromatic rings. The summed E-state index contributed by atoms with van der Waals surface area (Å²) in [6, 6.07) is 2.82. The Kier molecular flexibility index (Phi) is 6.87. The van der Waals surface area contributed by atoms with Gasteiger partial charge in [0.1, 0.15) is 5.69 Å². The highest BCUT2D eigenvalue weighted by atomic mass is 32.2. The molecule has 1 N–H and O–H groups in total. The average molecular weight is 598 g/mol. The molecule has 2 aliphatic rings. The lowest BCUT2D eigenvalue weighted by molar-refractivity contribution is 0.150. The quantitative estimate of drug-likeness (QED) is 0.393. The molecule has 3 heterocycles. The van der Waals surface area contributed by atoms with E-state index in [-0.39, 0.29) is 28.7 Å². The molecule has 0 bridgehead atoms. The molecule has 208 valence electrons. The molecule has 2 aromatic heterocycles. The Bertz CT molecular complexity index is 1750. The zero-order chi connectivity index (χ0) is 28.3. The smallest absolute Gasteiger partial charge is 0.292 e. The van der Waals surface area contributed by atoms with Gasteiger partial charge in [-0.15, -0.1) is 14.9 Å². The third-order valence-electron chi connectivity index (χ3n) is 6.73. The minimum atomic E-state index is -4.19. The van der Waals surface area contributed by atoms with E-state index in [1.807, 2.05) is 6.08 Å². The first-order valence-corrected chi connectivity index (χ1v) is 15.8. The summed E-state index contributed by atoms with van der Waals surface area (Å²) in [7, 11) is -6.15. The van der Waals surface area contributed by atoms with E-state index in [1.54, 1.807) is 20.9 Å². The standard InChI is InChI=1S/C23H25F2N7O4S3/c1-13(2)39(35,36)32-9-5-6-14(12-32)16-10-15(38(33,34)30-23(26-3)7-8-23)11-17-18(29-31(4)19(16)17)21-27-28-22(37-21)20(24)25/h6,10-11,13,20,30H,5,7-9,12H2,1-2,4H3. The third kappa shape index (κ3) is 4.97. The first-order valence-electron chi connectivity index (χ1n) is 12.0. The van der Waals surface area contributed by atoms with Crippen molar-refractivity contribution < 1.29 is 25.6 Å². The first kappa shape index (κ1) is 27.7. The number of sulfonamides is 2. The van der Waals surface area contributed by atoms with Crippen LogP contribution in [0.15, 0.2) is 23.1 Å². The average Bonchev–Trinajstić information content (AvgIpc) is 3.31. The van der Waals surface area contributed by atoms with Gasteiger partial charge in [0.05, 0.1) is 28.5 Å². The van der Waals surface area contributed by atoms with Crippen molar-refractivity contribution in [3.8, 4) is 10.7 Å².